The minimum Gasteiger partial charge on any atom is -0.372 e. The van der Waals surface area contributed by atoms with Crippen LogP contribution in [0, 0.1) is 0 Å². The second-order valence-electron chi connectivity index (χ2n) is 7.59. The van der Waals surface area contributed by atoms with E-state index in [0.717, 1.165) is 50.2 Å². The van der Waals surface area contributed by atoms with Crippen LogP contribution in [0.1, 0.15) is 51.5 Å². The largest absolute Gasteiger partial charge is 0.372 e. The highest BCUT2D eigenvalue weighted by atomic mass is 35.5. The van der Waals surface area contributed by atoms with Crippen molar-refractivity contribution in [3.05, 3.63) is 23.9 Å². The van der Waals surface area contributed by atoms with E-state index in [4.69, 9.17) is 10.5 Å². The summed E-state index contributed by atoms with van der Waals surface area (Å²) in [5, 5.41) is 2.98. The van der Waals surface area contributed by atoms with Gasteiger partial charge in [-0.1, -0.05) is 25.3 Å². The lowest BCUT2D eigenvalue weighted by Gasteiger charge is -2.36. The molecule has 1 saturated carbocycles. The zero-order valence-corrected chi connectivity index (χ0v) is 17.8. The maximum absolute atomic E-state index is 12.4. The predicted octanol–water partition coefficient (Wildman–Crippen LogP) is 2.82. The lowest BCUT2D eigenvalue weighted by Crippen LogP contribution is -2.54. The Kier molecular flexibility index (Phi) is 9.28. The molecule has 3 rings (SSSR count). The number of ether oxygens (including phenoxy) is 1. The van der Waals surface area contributed by atoms with Crippen molar-refractivity contribution in [3.8, 4) is 0 Å². The van der Waals surface area contributed by atoms with Gasteiger partial charge in [-0.2, -0.15) is 0 Å². The van der Waals surface area contributed by atoms with E-state index in [-0.39, 0.29) is 42.9 Å². The van der Waals surface area contributed by atoms with Gasteiger partial charge in [-0.15, -0.1) is 24.8 Å². The number of carbonyl (C=O) groups is 1. The van der Waals surface area contributed by atoms with Crippen molar-refractivity contribution >= 4 is 36.5 Å². The minimum absolute atomic E-state index is 0. The number of morpholine rings is 1. The first kappa shape index (κ1) is 24.0. The first-order chi connectivity index (χ1) is 12.0. The molecular formula is C19H32Cl2N4O2. The Bertz CT molecular complexity index is 584. The third-order valence-electron chi connectivity index (χ3n) is 5.20. The Labute approximate surface area is 174 Å². The second kappa shape index (κ2) is 10.5. The number of halogens is 2. The molecule has 0 radical (unpaired) electrons. The normalized spacial score (nSPS) is 24.3. The summed E-state index contributed by atoms with van der Waals surface area (Å²) in [4.78, 5) is 19.2. The van der Waals surface area contributed by atoms with Gasteiger partial charge in [-0.25, -0.2) is 4.98 Å². The molecule has 2 heterocycles. The van der Waals surface area contributed by atoms with Crippen molar-refractivity contribution in [3.63, 3.8) is 0 Å². The second-order valence-corrected chi connectivity index (χ2v) is 7.59. The number of hydrogen-bond acceptors (Lipinski definition) is 5. The van der Waals surface area contributed by atoms with Crippen LogP contribution in [-0.4, -0.2) is 41.7 Å². The van der Waals surface area contributed by atoms with Gasteiger partial charge < -0.3 is 20.7 Å². The van der Waals surface area contributed by atoms with Crippen LogP contribution in [0.15, 0.2) is 18.3 Å². The topological polar surface area (TPSA) is 80.5 Å². The average Bonchev–Trinajstić information content (AvgIpc) is 2.60. The van der Waals surface area contributed by atoms with Crippen LogP contribution in [0.4, 0.5) is 5.82 Å². The molecule has 2 unspecified atom stereocenters. The number of aromatic nitrogens is 1. The van der Waals surface area contributed by atoms with E-state index < -0.39 is 5.54 Å². The van der Waals surface area contributed by atoms with E-state index in [2.05, 4.69) is 29.0 Å². The number of nitrogens with one attached hydrogen (secondary N) is 1. The van der Waals surface area contributed by atoms with Crippen LogP contribution in [-0.2, 0) is 16.1 Å². The zero-order chi connectivity index (χ0) is 17.9. The van der Waals surface area contributed by atoms with Crippen molar-refractivity contribution in [1.29, 1.82) is 0 Å². The molecule has 1 aliphatic heterocycles. The fourth-order valence-corrected chi connectivity index (χ4v) is 3.84. The van der Waals surface area contributed by atoms with E-state index in [9.17, 15) is 4.79 Å². The highest BCUT2D eigenvalue weighted by Crippen LogP contribution is 2.26. The van der Waals surface area contributed by atoms with Crippen molar-refractivity contribution < 1.29 is 9.53 Å². The van der Waals surface area contributed by atoms with Gasteiger partial charge in [0.2, 0.25) is 5.91 Å². The molecule has 1 aromatic heterocycles. The summed E-state index contributed by atoms with van der Waals surface area (Å²) in [6, 6.07) is 4.04. The molecule has 2 aliphatic rings. The molecule has 8 heteroatoms. The lowest BCUT2D eigenvalue weighted by atomic mass is 9.82. The maximum atomic E-state index is 12.4. The number of pyridine rings is 1. The molecule has 1 saturated heterocycles. The Morgan fingerprint density at radius 3 is 2.41 bits per heavy atom. The molecule has 1 amide bonds. The van der Waals surface area contributed by atoms with E-state index in [0.29, 0.717) is 6.54 Å². The molecule has 6 nitrogen and oxygen atoms in total. The summed E-state index contributed by atoms with van der Waals surface area (Å²) in [6.45, 7) is 6.34. The number of amides is 1. The van der Waals surface area contributed by atoms with Crippen LogP contribution in [0.2, 0.25) is 0 Å². The summed E-state index contributed by atoms with van der Waals surface area (Å²) in [7, 11) is 0. The number of rotatable bonds is 4. The Morgan fingerprint density at radius 1 is 1.22 bits per heavy atom. The van der Waals surface area contributed by atoms with Gasteiger partial charge in [0.25, 0.3) is 0 Å². The molecular weight excluding hydrogens is 387 g/mol. The quantitative estimate of drug-likeness (QED) is 0.785. The third kappa shape index (κ3) is 6.21. The molecule has 154 valence electrons. The summed E-state index contributed by atoms with van der Waals surface area (Å²) < 4.78 is 5.76. The van der Waals surface area contributed by atoms with Gasteiger partial charge in [0.05, 0.1) is 17.7 Å². The summed E-state index contributed by atoms with van der Waals surface area (Å²) >= 11 is 0. The SMILES string of the molecule is CC1CN(c2ccc(CNC(=O)C3(N)CCCCC3)cn2)CC(C)O1.Cl.Cl. The fourth-order valence-electron chi connectivity index (χ4n) is 3.84. The van der Waals surface area contributed by atoms with Crippen molar-refractivity contribution in [2.24, 2.45) is 5.73 Å². The average molecular weight is 419 g/mol. The number of carbonyl (C=O) groups excluding carboxylic acids is 1. The van der Waals surface area contributed by atoms with Crippen LogP contribution < -0.4 is 16.0 Å². The fraction of sp³-hybridized carbons (Fsp3) is 0.684. The first-order valence-electron chi connectivity index (χ1n) is 9.39. The van der Waals surface area contributed by atoms with Gasteiger partial charge in [-0.05, 0) is 38.3 Å². The number of nitrogens with zero attached hydrogens (tertiary/aromatic N) is 2. The first-order valence-corrected chi connectivity index (χ1v) is 9.39. The molecule has 0 aromatic carbocycles. The number of hydrogen-bond donors (Lipinski definition) is 2. The molecule has 0 bridgehead atoms. The van der Waals surface area contributed by atoms with Gasteiger partial charge in [0.1, 0.15) is 5.82 Å². The number of nitrogens with two attached hydrogens (primary N) is 1. The predicted molar refractivity (Wildman–Crippen MR) is 113 cm³/mol. The van der Waals surface area contributed by atoms with Crippen molar-refractivity contribution in [2.45, 2.75) is 70.2 Å². The number of anilines is 1. The van der Waals surface area contributed by atoms with Gasteiger partial charge in [-0.3, -0.25) is 4.79 Å². The van der Waals surface area contributed by atoms with E-state index in [1.54, 1.807) is 0 Å². The molecule has 27 heavy (non-hydrogen) atoms. The standard InChI is InChI=1S/C19H30N4O2.2ClH/c1-14-12-23(13-15(2)25-14)17-7-6-16(10-21-17)11-22-18(24)19(20)8-4-3-5-9-19;;/h6-7,10,14-15H,3-5,8-9,11-13,20H2,1-2H3,(H,22,24);2*1H. The minimum atomic E-state index is -0.689. The van der Waals surface area contributed by atoms with E-state index in [1.807, 2.05) is 18.3 Å². The summed E-state index contributed by atoms with van der Waals surface area (Å²) in [6.07, 6.45) is 7.07. The monoisotopic (exact) mass is 418 g/mol. The van der Waals surface area contributed by atoms with Crippen LogP contribution in [0.3, 0.4) is 0 Å². The summed E-state index contributed by atoms with van der Waals surface area (Å²) in [5.74, 6) is 0.923. The Balaban J connectivity index is 0.00000182. The highest BCUT2D eigenvalue weighted by Gasteiger charge is 2.34. The molecule has 1 aliphatic carbocycles. The van der Waals surface area contributed by atoms with E-state index >= 15 is 0 Å². The Morgan fingerprint density at radius 2 is 1.85 bits per heavy atom. The smallest absolute Gasteiger partial charge is 0.240 e. The van der Waals surface area contributed by atoms with Crippen molar-refractivity contribution in [2.75, 3.05) is 18.0 Å². The molecule has 2 fully saturated rings. The van der Waals surface area contributed by atoms with E-state index in [1.165, 1.54) is 6.42 Å². The molecule has 2 atom stereocenters. The van der Waals surface area contributed by atoms with Crippen LogP contribution >= 0.6 is 24.8 Å². The van der Waals surface area contributed by atoms with Crippen LogP contribution in [0.25, 0.3) is 0 Å². The molecule has 1 aromatic rings. The zero-order valence-electron chi connectivity index (χ0n) is 16.1. The molecule has 0 spiro atoms. The summed E-state index contributed by atoms with van der Waals surface area (Å²) in [5.41, 5.74) is 6.57. The lowest BCUT2D eigenvalue weighted by molar-refractivity contribution is -0.127. The van der Waals surface area contributed by atoms with Gasteiger partial charge in [0.15, 0.2) is 0 Å². The van der Waals surface area contributed by atoms with Gasteiger partial charge >= 0.3 is 0 Å². The van der Waals surface area contributed by atoms with Gasteiger partial charge in [0, 0.05) is 25.8 Å². The highest BCUT2D eigenvalue weighted by molar-refractivity contribution is 5.86. The Hall–Kier alpha value is -1.08. The third-order valence-corrected chi connectivity index (χ3v) is 5.20. The maximum Gasteiger partial charge on any atom is 0.240 e. The van der Waals surface area contributed by atoms with Crippen molar-refractivity contribution in [1.82, 2.24) is 10.3 Å². The molecule has 3 N–H and O–H groups in total. The van der Waals surface area contributed by atoms with Crippen LogP contribution in [0.5, 0.6) is 0 Å².